The molecule has 0 spiro atoms. The van der Waals surface area contributed by atoms with E-state index in [0.717, 1.165) is 0 Å². The summed E-state index contributed by atoms with van der Waals surface area (Å²) < 4.78 is 19.6. The molecule has 6 heteroatoms. The van der Waals surface area contributed by atoms with Crippen LogP contribution in [-0.2, 0) is 0 Å². The second-order valence-corrected chi connectivity index (χ2v) is 6.36. The lowest BCUT2D eigenvalue weighted by atomic mass is 10.1. The largest absolute Gasteiger partial charge is 0.497 e. The Kier molecular flexibility index (Phi) is 4.83. The number of ether oxygens (including phenoxy) is 1. The molecule has 5 nitrogen and oxygen atoms in total. The highest BCUT2D eigenvalue weighted by Gasteiger charge is 2.16. The van der Waals surface area contributed by atoms with Gasteiger partial charge in [0, 0.05) is 23.1 Å². The van der Waals surface area contributed by atoms with Gasteiger partial charge in [-0.25, -0.2) is 8.96 Å². The predicted molar refractivity (Wildman–Crippen MR) is 111 cm³/mol. The van der Waals surface area contributed by atoms with Crippen LogP contribution in [0.25, 0.3) is 16.5 Å². The molecule has 3 aromatic carbocycles. The summed E-state index contributed by atoms with van der Waals surface area (Å²) in [6.07, 6.45) is 1.47. The van der Waals surface area contributed by atoms with Gasteiger partial charge in [0.05, 0.1) is 24.0 Å². The molecule has 0 saturated carbocycles. The highest BCUT2D eigenvalue weighted by Crippen LogP contribution is 2.27. The van der Waals surface area contributed by atoms with E-state index < -0.39 is 0 Å². The molecule has 0 fully saturated rings. The van der Waals surface area contributed by atoms with Crippen molar-refractivity contribution in [3.63, 3.8) is 0 Å². The Morgan fingerprint density at radius 1 is 1.00 bits per heavy atom. The smallest absolute Gasteiger partial charge is 0.265 e. The summed E-state index contributed by atoms with van der Waals surface area (Å²) in [7, 11) is 1.53. The van der Waals surface area contributed by atoms with E-state index >= 15 is 0 Å². The number of halogens is 1. The first kappa shape index (κ1) is 18.4. The average molecular weight is 388 g/mol. The van der Waals surface area contributed by atoms with Crippen LogP contribution in [-0.4, -0.2) is 23.0 Å². The van der Waals surface area contributed by atoms with Gasteiger partial charge in [0.1, 0.15) is 11.6 Å². The normalized spacial score (nSPS) is 11.2. The second-order valence-electron chi connectivity index (χ2n) is 6.36. The average Bonchev–Trinajstić information content (AvgIpc) is 2.75. The minimum atomic E-state index is -0.358. The number of hydrogen-bond acceptors (Lipinski definition) is 4. The second kappa shape index (κ2) is 7.59. The SMILES string of the molecule is COc1cccc(-n2c(O)c(C=Nc3ccc(F)cc3)c3ccccc3c2=O)c1. The van der Waals surface area contributed by atoms with Gasteiger partial charge in [-0.05, 0) is 42.5 Å². The molecule has 144 valence electrons. The molecule has 1 N–H and O–H groups in total. The van der Waals surface area contributed by atoms with E-state index in [-0.39, 0.29) is 17.3 Å². The number of fused-ring (bicyclic) bond motifs is 1. The fraction of sp³-hybridized carbons (Fsp3) is 0.0435. The monoisotopic (exact) mass is 388 g/mol. The van der Waals surface area contributed by atoms with Crippen LogP contribution in [0.4, 0.5) is 10.1 Å². The molecule has 4 rings (SSSR count). The number of methoxy groups -OCH3 is 1. The fourth-order valence-corrected chi connectivity index (χ4v) is 3.14. The summed E-state index contributed by atoms with van der Waals surface area (Å²) in [5, 5.41) is 12.0. The summed E-state index contributed by atoms with van der Waals surface area (Å²) in [5.74, 6) is -0.0416. The van der Waals surface area contributed by atoms with Crippen molar-refractivity contribution in [1.82, 2.24) is 4.57 Å². The van der Waals surface area contributed by atoms with E-state index in [1.807, 2.05) is 0 Å². The number of nitrogens with zero attached hydrogens (tertiary/aromatic N) is 2. The van der Waals surface area contributed by atoms with Crippen molar-refractivity contribution >= 4 is 22.7 Å². The lowest BCUT2D eigenvalue weighted by Gasteiger charge is -2.14. The van der Waals surface area contributed by atoms with E-state index in [1.165, 1.54) is 42.2 Å². The highest BCUT2D eigenvalue weighted by atomic mass is 19.1. The van der Waals surface area contributed by atoms with Crippen molar-refractivity contribution in [2.45, 2.75) is 0 Å². The van der Waals surface area contributed by atoms with E-state index in [4.69, 9.17) is 4.74 Å². The molecule has 0 radical (unpaired) electrons. The van der Waals surface area contributed by atoms with E-state index in [0.29, 0.717) is 33.5 Å². The lowest BCUT2D eigenvalue weighted by molar-refractivity contribution is 0.413. The van der Waals surface area contributed by atoms with Crippen LogP contribution in [0.1, 0.15) is 5.56 Å². The van der Waals surface area contributed by atoms with Gasteiger partial charge in [-0.15, -0.1) is 0 Å². The molecule has 1 aromatic heterocycles. The Bertz CT molecular complexity index is 1280. The van der Waals surface area contributed by atoms with Crippen molar-refractivity contribution in [1.29, 1.82) is 0 Å². The molecule has 0 aliphatic carbocycles. The Labute approximate surface area is 166 Å². The van der Waals surface area contributed by atoms with E-state index in [9.17, 15) is 14.3 Å². The molecule has 29 heavy (non-hydrogen) atoms. The van der Waals surface area contributed by atoms with Gasteiger partial charge < -0.3 is 9.84 Å². The van der Waals surface area contributed by atoms with Gasteiger partial charge in [0.25, 0.3) is 5.56 Å². The van der Waals surface area contributed by atoms with Gasteiger partial charge in [0.2, 0.25) is 5.88 Å². The number of aliphatic imine (C=N–C) groups is 1. The Hall–Kier alpha value is -3.93. The Balaban J connectivity index is 1.96. The van der Waals surface area contributed by atoms with Crippen LogP contribution >= 0.6 is 0 Å². The molecule has 1 heterocycles. The third kappa shape index (κ3) is 3.48. The molecule has 0 aliphatic heterocycles. The number of pyridine rings is 1. The molecule has 0 atom stereocenters. The number of rotatable bonds is 4. The van der Waals surface area contributed by atoms with Crippen molar-refractivity contribution in [2.75, 3.05) is 7.11 Å². The lowest BCUT2D eigenvalue weighted by Crippen LogP contribution is -2.20. The van der Waals surface area contributed by atoms with Crippen molar-refractivity contribution in [2.24, 2.45) is 4.99 Å². The third-order valence-corrected chi connectivity index (χ3v) is 4.58. The van der Waals surface area contributed by atoms with E-state index in [2.05, 4.69) is 4.99 Å². The van der Waals surface area contributed by atoms with Crippen LogP contribution in [0.15, 0.2) is 82.6 Å². The van der Waals surface area contributed by atoms with Crippen LogP contribution < -0.4 is 10.3 Å². The molecule has 0 saturated heterocycles. The van der Waals surface area contributed by atoms with E-state index in [1.54, 1.807) is 48.5 Å². The van der Waals surface area contributed by atoms with Gasteiger partial charge in [-0.3, -0.25) is 9.79 Å². The fourth-order valence-electron chi connectivity index (χ4n) is 3.14. The van der Waals surface area contributed by atoms with Crippen molar-refractivity contribution in [3.8, 4) is 17.3 Å². The molecule has 0 bridgehead atoms. The zero-order chi connectivity index (χ0) is 20.4. The maximum atomic E-state index is 13.1. The van der Waals surface area contributed by atoms with Gasteiger partial charge >= 0.3 is 0 Å². The first-order chi connectivity index (χ1) is 14.1. The molecule has 0 unspecified atom stereocenters. The quantitative estimate of drug-likeness (QED) is 0.520. The highest BCUT2D eigenvalue weighted by molar-refractivity contribution is 6.02. The number of aromatic nitrogens is 1. The zero-order valence-corrected chi connectivity index (χ0v) is 15.5. The predicted octanol–water partition coefficient (Wildman–Crippen LogP) is 4.59. The topological polar surface area (TPSA) is 63.8 Å². The molecule has 4 aromatic rings. The first-order valence-corrected chi connectivity index (χ1v) is 8.89. The van der Waals surface area contributed by atoms with Crippen molar-refractivity contribution < 1.29 is 14.2 Å². The van der Waals surface area contributed by atoms with Crippen LogP contribution in [0, 0.1) is 5.82 Å². The molecular formula is C23H17FN2O3. The minimum absolute atomic E-state index is 0.243. The maximum absolute atomic E-state index is 13.1. The first-order valence-electron chi connectivity index (χ1n) is 8.89. The van der Waals surface area contributed by atoms with Gasteiger partial charge in [0.15, 0.2) is 0 Å². The third-order valence-electron chi connectivity index (χ3n) is 4.58. The summed E-state index contributed by atoms with van der Waals surface area (Å²) in [6, 6.07) is 19.5. The molecule has 0 amide bonds. The van der Waals surface area contributed by atoms with Crippen molar-refractivity contribution in [3.05, 3.63) is 94.5 Å². The molecule has 0 aliphatic rings. The summed E-state index contributed by atoms with van der Waals surface area (Å²) in [6.45, 7) is 0. The minimum Gasteiger partial charge on any atom is -0.497 e. The van der Waals surface area contributed by atoms with Gasteiger partial charge in [-0.2, -0.15) is 0 Å². The zero-order valence-electron chi connectivity index (χ0n) is 15.5. The van der Waals surface area contributed by atoms with Crippen LogP contribution in [0.5, 0.6) is 11.6 Å². The Morgan fingerprint density at radius 2 is 1.72 bits per heavy atom. The standard InChI is InChI=1S/C23H17FN2O3/c1-29-18-6-4-5-17(13-18)26-22(27)20-8-3-2-7-19(20)21(23(26)28)14-25-16-11-9-15(24)10-12-16/h2-14,28H,1H3. The van der Waals surface area contributed by atoms with Crippen LogP contribution in [0.3, 0.4) is 0 Å². The number of aromatic hydroxyl groups is 1. The van der Waals surface area contributed by atoms with Gasteiger partial charge in [-0.1, -0.05) is 24.3 Å². The number of benzene rings is 3. The van der Waals surface area contributed by atoms with Crippen LogP contribution in [0.2, 0.25) is 0 Å². The Morgan fingerprint density at radius 3 is 2.45 bits per heavy atom. The molecular weight excluding hydrogens is 371 g/mol. The maximum Gasteiger partial charge on any atom is 0.265 e. The summed E-state index contributed by atoms with van der Waals surface area (Å²) in [4.78, 5) is 17.4. The number of hydrogen-bond donors (Lipinski definition) is 1. The summed E-state index contributed by atoms with van der Waals surface area (Å²) >= 11 is 0. The summed E-state index contributed by atoms with van der Waals surface area (Å²) in [5.41, 5.74) is 1.01.